The summed E-state index contributed by atoms with van der Waals surface area (Å²) in [6.07, 6.45) is 1.28. The number of carbonyl (C=O) groups is 1. The van der Waals surface area contributed by atoms with Crippen LogP contribution in [0, 0.1) is 45.3 Å². The van der Waals surface area contributed by atoms with E-state index in [4.69, 9.17) is 10.5 Å². The van der Waals surface area contributed by atoms with E-state index >= 15 is 0 Å². The molecule has 164 valence electrons. The van der Waals surface area contributed by atoms with E-state index in [2.05, 4.69) is 34.1 Å². The van der Waals surface area contributed by atoms with Gasteiger partial charge < -0.3 is 15.4 Å². The molecule has 2 heterocycles. The maximum absolute atomic E-state index is 12.8. The molecule has 1 aliphatic heterocycles. The molecule has 0 spiro atoms. The number of allylic oxidation sites excluding steroid dienone is 2. The van der Waals surface area contributed by atoms with Gasteiger partial charge in [0.1, 0.15) is 12.7 Å². The quantitative estimate of drug-likeness (QED) is 0.632. The van der Waals surface area contributed by atoms with Gasteiger partial charge in [0.2, 0.25) is 0 Å². The number of amides is 1. The van der Waals surface area contributed by atoms with E-state index in [0.717, 1.165) is 14.9 Å². The summed E-state index contributed by atoms with van der Waals surface area (Å²) in [6, 6.07) is 17.5. The third-order valence-corrected chi connectivity index (χ3v) is 7.80. The minimum atomic E-state index is -1.73. The molecule has 2 atom stereocenters. The van der Waals surface area contributed by atoms with Crippen LogP contribution < -0.4 is 5.73 Å². The summed E-state index contributed by atoms with van der Waals surface area (Å²) < 4.78 is 6.31. The van der Waals surface area contributed by atoms with Crippen LogP contribution in [0.4, 0.5) is 4.79 Å². The maximum Gasteiger partial charge on any atom is 0.410 e. The topological polar surface area (TPSA) is 127 Å². The van der Waals surface area contributed by atoms with Crippen LogP contribution in [-0.2, 0) is 11.3 Å². The van der Waals surface area contributed by atoms with Gasteiger partial charge in [-0.15, -0.1) is 11.3 Å². The highest BCUT2D eigenvalue weighted by Crippen LogP contribution is 2.55. The van der Waals surface area contributed by atoms with Gasteiger partial charge in [0, 0.05) is 39.7 Å². The molecule has 2 N–H and O–H groups in total. The number of thiophene rings is 1. The monoisotopic (exact) mass is 519 g/mol. The van der Waals surface area contributed by atoms with Crippen LogP contribution in [0.1, 0.15) is 16.4 Å². The summed E-state index contributed by atoms with van der Waals surface area (Å²) in [5.41, 5.74) is 6.21. The van der Waals surface area contributed by atoms with Crippen molar-refractivity contribution >= 4 is 33.4 Å². The van der Waals surface area contributed by atoms with Crippen molar-refractivity contribution in [3.8, 4) is 18.2 Å². The van der Waals surface area contributed by atoms with E-state index < -0.39 is 23.3 Å². The Morgan fingerprint density at radius 1 is 1.27 bits per heavy atom. The number of nitrogens with zero attached hydrogens (tertiary/aromatic N) is 4. The number of benzene rings is 1. The molecular formula is C24H18BrN5O2S. The Morgan fingerprint density at radius 3 is 2.61 bits per heavy atom. The molecule has 33 heavy (non-hydrogen) atoms. The van der Waals surface area contributed by atoms with E-state index in [1.54, 1.807) is 6.08 Å². The molecule has 0 saturated carbocycles. The van der Waals surface area contributed by atoms with Crippen molar-refractivity contribution in [2.45, 2.75) is 12.5 Å². The number of hydrogen-bond donors (Lipinski definition) is 1. The lowest BCUT2D eigenvalue weighted by Crippen LogP contribution is -2.49. The summed E-state index contributed by atoms with van der Waals surface area (Å²) in [5, 5.41) is 31.9. The third kappa shape index (κ3) is 3.89. The first-order valence-electron chi connectivity index (χ1n) is 10.1. The summed E-state index contributed by atoms with van der Waals surface area (Å²) in [4.78, 5) is 15.2. The van der Waals surface area contributed by atoms with Gasteiger partial charge in [-0.05, 0) is 33.1 Å². The third-order valence-electron chi connectivity index (χ3n) is 6.02. The van der Waals surface area contributed by atoms with Gasteiger partial charge in [0.15, 0.2) is 5.41 Å². The van der Waals surface area contributed by atoms with Crippen LogP contribution >= 0.6 is 27.3 Å². The number of nitrogens with two attached hydrogens (primary N) is 1. The van der Waals surface area contributed by atoms with Crippen LogP contribution in [0.15, 0.2) is 69.2 Å². The summed E-state index contributed by atoms with van der Waals surface area (Å²) >= 11 is 4.84. The molecule has 2 aromatic rings. The Bertz CT molecular complexity index is 1260. The van der Waals surface area contributed by atoms with E-state index in [1.165, 1.54) is 16.2 Å². The Morgan fingerprint density at radius 2 is 2.00 bits per heavy atom. The lowest BCUT2D eigenvalue weighted by atomic mass is 9.59. The summed E-state index contributed by atoms with van der Waals surface area (Å²) in [7, 11) is 0. The average Bonchev–Trinajstić information content (AvgIpc) is 3.27. The molecule has 9 heteroatoms. The lowest BCUT2D eigenvalue weighted by Gasteiger charge is -2.44. The van der Waals surface area contributed by atoms with Crippen molar-refractivity contribution in [1.29, 1.82) is 15.8 Å². The normalized spacial score (nSPS) is 21.2. The van der Waals surface area contributed by atoms with Gasteiger partial charge >= 0.3 is 6.09 Å². The number of hydrogen-bond acceptors (Lipinski definition) is 7. The number of fused-ring (bicyclic) bond motifs is 1. The zero-order valence-electron chi connectivity index (χ0n) is 17.4. The Balaban J connectivity index is 1.71. The molecule has 1 aliphatic carbocycles. The zero-order chi connectivity index (χ0) is 23.6. The number of ether oxygens (including phenoxy) is 1. The molecule has 1 aromatic heterocycles. The molecule has 0 unspecified atom stereocenters. The highest BCUT2D eigenvalue weighted by atomic mass is 79.9. The van der Waals surface area contributed by atoms with E-state index in [1.807, 2.05) is 41.8 Å². The molecule has 0 saturated heterocycles. The van der Waals surface area contributed by atoms with Gasteiger partial charge in [-0.2, -0.15) is 15.8 Å². The number of nitriles is 3. The standard InChI is InChI=1S/C24H18BrN5O2S/c25-16-8-20(33-12-16)21-19-10-30(23(31)32-11-15-4-2-1-3-5-15)7-6-17(19)18(9-26)22(29)24(21,13-27)14-28/h1-6,8,12,19,21H,7,10-11,29H2/t19-,21-/m0/s1. The van der Waals surface area contributed by atoms with Crippen LogP contribution in [-0.4, -0.2) is 24.1 Å². The minimum Gasteiger partial charge on any atom is -0.445 e. The van der Waals surface area contributed by atoms with Gasteiger partial charge in [-0.3, -0.25) is 0 Å². The van der Waals surface area contributed by atoms with Crippen LogP contribution in [0.2, 0.25) is 0 Å². The largest absolute Gasteiger partial charge is 0.445 e. The first-order chi connectivity index (χ1) is 15.9. The number of rotatable bonds is 3. The molecule has 1 aromatic carbocycles. The summed E-state index contributed by atoms with van der Waals surface area (Å²) in [6.45, 7) is 0.573. The maximum atomic E-state index is 12.8. The van der Waals surface area contributed by atoms with Crippen molar-refractivity contribution in [2.24, 2.45) is 17.1 Å². The molecule has 7 nitrogen and oxygen atoms in total. The fraction of sp³-hybridized carbons (Fsp3) is 0.250. The smallest absolute Gasteiger partial charge is 0.410 e. The molecule has 0 fully saturated rings. The zero-order valence-corrected chi connectivity index (χ0v) is 19.8. The average molecular weight is 520 g/mol. The first-order valence-corrected chi connectivity index (χ1v) is 11.7. The molecule has 4 rings (SSSR count). The van der Waals surface area contributed by atoms with Crippen LogP contribution in [0.25, 0.3) is 0 Å². The highest BCUT2D eigenvalue weighted by molar-refractivity contribution is 9.10. The number of carbonyl (C=O) groups excluding carboxylic acids is 1. The van der Waals surface area contributed by atoms with Crippen molar-refractivity contribution in [3.05, 3.63) is 79.6 Å². The van der Waals surface area contributed by atoms with E-state index in [9.17, 15) is 20.6 Å². The number of halogens is 1. The summed E-state index contributed by atoms with van der Waals surface area (Å²) in [5.74, 6) is -1.10. The SMILES string of the molecule is N#CC1=C(N)C(C#N)(C#N)[C@H](c2cc(Br)cs2)[C@H]2CN(C(=O)OCc3ccccc3)CC=C12. The van der Waals surface area contributed by atoms with Crippen LogP contribution in [0.3, 0.4) is 0 Å². The molecule has 0 radical (unpaired) electrons. The fourth-order valence-electron chi connectivity index (χ4n) is 4.44. The predicted molar refractivity (Wildman–Crippen MR) is 125 cm³/mol. The van der Waals surface area contributed by atoms with Crippen LogP contribution in [0.5, 0.6) is 0 Å². The Labute approximate surface area is 203 Å². The second-order valence-corrected chi connectivity index (χ2v) is 9.65. The van der Waals surface area contributed by atoms with Gasteiger partial charge in [0.05, 0.1) is 23.4 Å². The lowest BCUT2D eigenvalue weighted by molar-refractivity contribution is 0.0900. The van der Waals surface area contributed by atoms with E-state index in [-0.39, 0.29) is 31.0 Å². The molecule has 2 aliphatic rings. The minimum absolute atomic E-state index is 0.0351. The fourth-order valence-corrected chi connectivity index (χ4v) is 6.11. The van der Waals surface area contributed by atoms with Crippen molar-refractivity contribution in [2.75, 3.05) is 13.1 Å². The van der Waals surface area contributed by atoms with Gasteiger partial charge in [0.25, 0.3) is 0 Å². The van der Waals surface area contributed by atoms with E-state index in [0.29, 0.717) is 5.57 Å². The van der Waals surface area contributed by atoms with Crippen molar-refractivity contribution in [1.82, 2.24) is 4.90 Å². The predicted octanol–water partition coefficient (Wildman–Crippen LogP) is 4.57. The highest BCUT2D eigenvalue weighted by Gasteiger charge is 2.55. The van der Waals surface area contributed by atoms with Gasteiger partial charge in [-0.1, -0.05) is 36.4 Å². The van der Waals surface area contributed by atoms with Crippen molar-refractivity contribution < 1.29 is 9.53 Å². The van der Waals surface area contributed by atoms with Crippen molar-refractivity contribution in [3.63, 3.8) is 0 Å². The molecular weight excluding hydrogens is 502 g/mol. The second-order valence-electron chi connectivity index (χ2n) is 7.79. The molecule has 0 bridgehead atoms. The van der Waals surface area contributed by atoms with Gasteiger partial charge in [-0.25, -0.2) is 4.79 Å². The Kier molecular flexibility index (Phi) is 6.24. The first kappa shape index (κ1) is 22.6. The Hall–Kier alpha value is -3.58. The molecule has 1 amide bonds. The second kappa shape index (κ2) is 9.11.